The number of hydrogen-bond donors (Lipinski definition) is 1. The maximum absolute atomic E-state index is 13.3. The number of carbonyl (C=O) groups is 1. The molecule has 0 aliphatic carbocycles. The van der Waals surface area contributed by atoms with E-state index in [1.165, 1.54) is 17.5 Å². The number of aromatic nitrogens is 2. The number of rotatable bonds is 4. The van der Waals surface area contributed by atoms with Gasteiger partial charge in [0.1, 0.15) is 11.3 Å². The van der Waals surface area contributed by atoms with Gasteiger partial charge >= 0.3 is 6.18 Å². The molecule has 0 aliphatic rings. The highest BCUT2D eigenvalue weighted by Crippen LogP contribution is 2.33. The van der Waals surface area contributed by atoms with Gasteiger partial charge in [-0.25, -0.2) is 4.98 Å². The van der Waals surface area contributed by atoms with Crippen molar-refractivity contribution in [1.29, 1.82) is 0 Å². The first-order chi connectivity index (χ1) is 11.4. The molecule has 0 spiro atoms. The fourth-order valence-electron chi connectivity index (χ4n) is 2.53. The van der Waals surface area contributed by atoms with Crippen LogP contribution in [-0.4, -0.2) is 21.5 Å². The van der Waals surface area contributed by atoms with Crippen LogP contribution in [0.5, 0.6) is 0 Å². The number of pyridine rings is 1. The predicted molar refractivity (Wildman–Crippen MR) is 86.0 cm³/mol. The zero-order valence-corrected chi connectivity index (χ0v) is 13.5. The second-order valence-electron chi connectivity index (χ2n) is 5.41. The third-order valence-corrected chi connectivity index (χ3v) is 4.39. The second kappa shape index (κ2) is 6.27. The summed E-state index contributed by atoms with van der Waals surface area (Å²) in [6.45, 7) is 1.65. The Kier molecular flexibility index (Phi) is 4.31. The van der Waals surface area contributed by atoms with Crippen LogP contribution in [0.25, 0.3) is 11.0 Å². The van der Waals surface area contributed by atoms with E-state index in [1.807, 2.05) is 0 Å². The Bertz CT molecular complexity index is 855. The molecule has 0 fully saturated rings. The SMILES string of the molecule is C[C@@H](Cn1c(C(F)(F)F)cc2cccnc21)NC(=O)c1cccs1. The number of halogens is 3. The average molecular weight is 353 g/mol. The molecular weight excluding hydrogens is 339 g/mol. The molecule has 0 aromatic carbocycles. The van der Waals surface area contributed by atoms with Crippen molar-refractivity contribution in [3.05, 3.63) is 52.5 Å². The quantitative estimate of drug-likeness (QED) is 0.772. The van der Waals surface area contributed by atoms with Crippen LogP contribution in [0.4, 0.5) is 13.2 Å². The van der Waals surface area contributed by atoms with Gasteiger partial charge in [0, 0.05) is 24.2 Å². The summed E-state index contributed by atoms with van der Waals surface area (Å²) in [5, 5.41) is 4.91. The Balaban J connectivity index is 1.87. The third kappa shape index (κ3) is 3.28. The summed E-state index contributed by atoms with van der Waals surface area (Å²) >= 11 is 1.28. The van der Waals surface area contributed by atoms with Gasteiger partial charge in [0.2, 0.25) is 0 Å². The number of thiophene rings is 1. The Hall–Kier alpha value is -2.35. The predicted octanol–water partition coefficient (Wildman–Crippen LogP) is 3.94. The fourth-order valence-corrected chi connectivity index (χ4v) is 3.16. The Morgan fingerprint density at radius 1 is 1.38 bits per heavy atom. The van der Waals surface area contributed by atoms with E-state index in [1.54, 1.807) is 36.6 Å². The monoisotopic (exact) mass is 353 g/mol. The minimum absolute atomic E-state index is 0.0214. The minimum atomic E-state index is -4.49. The molecule has 0 saturated carbocycles. The van der Waals surface area contributed by atoms with Gasteiger partial charge < -0.3 is 9.88 Å². The Morgan fingerprint density at radius 3 is 2.83 bits per heavy atom. The molecule has 0 unspecified atom stereocenters. The smallest absolute Gasteiger partial charge is 0.347 e. The molecule has 1 amide bonds. The van der Waals surface area contributed by atoms with Gasteiger partial charge in [-0.05, 0) is 36.6 Å². The highest BCUT2D eigenvalue weighted by molar-refractivity contribution is 7.12. The first-order valence-electron chi connectivity index (χ1n) is 7.22. The molecule has 8 heteroatoms. The lowest BCUT2D eigenvalue weighted by Crippen LogP contribution is -2.36. The molecule has 4 nitrogen and oxygen atoms in total. The van der Waals surface area contributed by atoms with Crippen LogP contribution < -0.4 is 5.32 Å². The summed E-state index contributed by atoms with van der Waals surface area (Å²) in [4.78, 5) is 16.6. The van der Waals surface area contributed by atoms with Gasteiger partial charge in [-0.1, -0.05) is 6.07 Å². The van der Waals surface area contributed by atoms with Gasteiger partial charge in [0.05, 0.1) is 4.88 Å². The number of nitrogens with one attached hydrogen (secondary N) is 1. The van der Waals surface area contributed by atoms with E-state index in [0.29, 0.717) is 10.3 Å². The molecule has 0 aliphatic heterocycles. The molecular formula is C16H14F3N3OS. The van der Waals surface area contributed by atoms with Crippen molar-refractivity contribution in [3.8, 4) is 0 Å². The van der Waals surface area contributed by atoms with Crippen LogP contribution in [0.1, 0.15) is 22.3 Å². The van der Waals surface area contributed by atoms with Gasteiger partial charge in [0.25, 0.3) is 5.91 Å². The lowest BCUT2D eigenvalue weighted by molar-refractivity contribution is -0.143. The Labute approximate surface area is 139 Å². The zero-order valence-electron chi connectivity index (χ0n) is 12.7. The van der Waals surface area contributed by atoms with E-state index in [-0.39, 0.29) is 18.1 Å². The number of fused-ring (bicyclic) bond motifs is 1. The standard InChI is InChI=1S/C16H14F3N3OS/c1-10(21-15(23)12-5-3-7-24-12)9-22-13(16(17,18)19)8-11-4-2-6-20-14(11)22/h2-8,10H,9H2,1H3,(H,21,23)/t10-/m0/s1. The van der Waals surface area contributed by atoms with Crippen molar-refractivity contribution < 1.29 is 18.0 Å². The van der Waals surface area contributed by atoms with E-state index in [2.05, 4.69) is 10.3 Å². The maximum Gasteiger partial charge on any atom is 0.431 e. The molecule has 1 N–H and O–H groups in total. The van der Waals surface area contributed by atoms with Crippen LogP contribution in [-0.2, 0) is 12.7 Å². The normalized spacial score (nSPS) is 13.2. The van der Waals surface area contributed by atoms with Crippen LogP contribution in [0.15, 0.2) is 41.9 Å². The summed E-state index contributed by atoms with van der Waals surface area (Å²) in [5.41, 5.74) is -0.518. The fraction of sp³-hybridized carbons (Fsp3) is 0.250. The molecule has 1 atom stereocenters. The molecule has 126 valence electrons. The highest BCUT2D eigenvalue weighted by Gasteiger charge is 2.36. The number of carbonyl (C=O) groups excluding carboxylic acids is 1. The molecule has 3 heterocycles. The molecule has 3 aromatic rings. The second-order valence-corrected chi connectivity index (χ2v) is 6.35. The number of alkyl halides is 3. The van der Waals surface area contributed by atoms with E-state index in [0.717, 1.165) is 10.6 Å². The summed E-state index contributed by atoms with van der Waals surface area (Å²) in [6, 6.07) is 7.18. The Morgan fingerprint density at radius 2 is 2.17 bits per heavy atom. The van der Waals surface area contributed by atoms with E-state index >= 15 is 0 Å². The van der Waals surface area contributed by atoms with E-state index in [9.17, 15) is 18.0 Å². The summed E-state index contributed by atoms with van der Waals surface area (Å²) in [5.74, 6) is -0.296. The maximum atomic E-state index is 13.3. The lowest BCUT2D eigenvalue weighted by Gasteiger charge is -2.18. The molecule has 0 radical (unpaired) electrons. The molecule has 3 aromatic heterocycles. The van der Waals surface area contributed by atoms with Crippen molar-refractivity contribution in [3.63, 3.8) is 0 Å². The van der Waals surface area contributed by atoms with Crippen molar-refractivity contribution in [2.24, 2.45) is 0 Å². The first kappa shape index (κ1) is 16.5. The van der Waals surface area contributed by atoms with Gasteiger partial charge in [-0.3, -0.25) is 4.79 Å². The van der Waals surface area contributed by atoms with Crippen LogP contribution >= 0.6 is 11.3 Å². The van der Waals surface area contributed by atoms with Gasteiger partial charge in [-0.2, -0.15) is 13.2 Å². The van der Waals surface area contributed by atoms with Crippen molar-refractivity contribution in [1.82, 2.24) is 14.9 Å². The topological polar surface area (TPSA) is 46.9 Å². The van der Waals surface area contributed by atoms with Crippen LogP contribution in [0.2, 0.25) is 0 Å². The van der Waals surface area contributed by atoms with Gasteiger partial charge in [-0.15, -0.1) is 11.3 Å². The summed E-state index contributed by atoms with van der Waals surface area (Å²) in [7, 11) is 0. The molecule has 3 rings (SSSR count). The van der Waals surface area contributed by atoms with Crippen LogP contribution in [0, 0.1) is 0 Å². The average Bonchev–Trinajstić information content (AvgIpc) is 3.15. The molecule has 0 saturated heterocycles. The summed E-state index contributed by atoms with van der Waals surface area (Å²) in [6.07, 6.45) is -3.04. The van der Waals surface area contributed by atoms with Crippen molar-refractivity contribution in [2.75, 3.05) is 0 Å². The number of nitrogens with zero attached hydrogens (tertiary/aromatic N) is 2. The lowest BCUT2D eigenvalue weighted by atomic mass is 10.3. The van der Waals surface area contributed by atoms with Crippen LogP contribution in [0.3, 0.4) is 0 Å². The largest absolute Gasteiger partial charge is 0.431 e. The van der Waals surface area contributed by atoms with Gasteiger partial charge in [0.15, 0.2) is 0 Å². The van der Waals surface area contributed by atoms with E-state index < -0.39 is 17.9 Å². The molecule has 24 heavy (non-hydrogen) atoms. The minimum Gasteiger partial charge on any atom is -0.347 e. The van der Waals surface area contributed by atoms with Crippen molar-refractivity contribution >= 4 is 28.3 Å². The third-order valence-electron chi connectivity index (χ3n) is 3.52. The van der Waals surface area contributed by atoms with E-state index in [4.69, 9.17) is 0 Å². The highest BCUT2D eigenvalue weighted by atomic mass is 32.1. The summed E-state index contributed by atoms with van der Waals surface area (Å²) < 4.78 is 41.0. The van der Waals surface area contributed by atoms with Crippen molar-refractivity contribution in [2.45, 2.75) is 25.7 Å². The zero-order chi connectivity index (χ0) is 17.3. The molecule has 0 bridgehead atoms. The number of amides is 1. The number of hydrogen-bond acceptors (Lipinski definition) is 3. The first-order valence-corrected chi connectivity index (χ1v) is 8.10.